The van der Waals surface area contributed by atoms with Crippen LogP contribution in [0.3, 0.4) is 0 Å². The van der Waals surface area contributed by atoms with Gasteiger partial charge >= 0.3 is 0 Å². The maximum absolute atomic E-state index is 12.6. The second kappa shape index (κ2) is 7.26. The molecule has 4 rings (SSSR count). The minimum Gasteiger partial charge on any atom is -0.370 e. The average molecular weight is 343 g/mol. The zero-order valence-corrected chi connectivity index (χ0v) is 13.9. The van der Waals surface area contributed by atoms with Crippen LogP contribution in [0.4, 0.5) is 0 Å². The second-order valence-electron chi connectivity index (χ2n) is 6.23. The number of carbonyl (C=O) groups is 1. The Hall–Kier alpha value is -2.36. The zero-order valence-electron chi connectivity index (χ0n) is 13.9. The standard InChI is InChI=1S/C16H21N7O2/c24-16(13-3-5-18-19-13)22-6-7-23-15(9-22)14(20-21-23)11-25-10-12-2-1-4-17-8-12/h1-2,4,8,13,18-19H,3,5-7,9-11H2. The number of nitrogens with one attached hydrogen (secondary N) is 2. The predicted octanol–water partition coefficient (Wildman–Crippen LogP) is -0.401. The van der Waals surface area contributed by atoms with Crippen molar-refractivity contribution in [2.45, 2.75) is 38.8 Å². The Bertz CT molecular complexity index is 727. The number of nitrogens with zero attached hydrogens (tertiary/aromatic N) is 5. The topological polar surface area (TPSA) is 97.2 Å². The fourth-order valence-corrected chi connectivity index (χ4v) is 3.14. The first-order valence-electron chi connectivity index (χ1n) is 8.46. The summed E-state index contributed by atoms with van der Waals surface area (Å²) >= 11 is 0. The van der Waals surface area contributed by atoms with Gasteiger partial charge in [-0.25, -0.2) is 10.1 Å². The lowest BCUT2D eigenvalue weighted by Crippen LogP contribution is -2.48. The summed E-state index contributed by atoms with van der Waals surface area (Å²) in [4.78, 5) is 18.5. The molecule has 1 unspecified atom stereocenters. The second-order valence-corrected chi connectivity index (χ2v) is 6.23. The monoisotopic (exact) mass is 343 g/mol. The van der Waals surface area contributed by atoms with Crippen LogP contribution in [0.15, 0.2) is 24.5 Å². The van der Waals surface area contributed by atoms with Crippen LogP contribution in [0.5, 0.6) is 0 Å². The number of hydrogen-bond acceptors (Lipinski definition) is 7. The molecule has 25 heavy (non-hydrogen) atoms. The van der Waals surface area contributed by atoms with Crippen molar-refractivity contribution in [3.8, 4) is 0 Å². The molecule has 2 aliphatic rings. The number of ether oxygens (including phenoxy) is 1. The van der Waals surface area contributed by atoms with E-state index >= 15 is 0 Å². The summed E-state index contributed by atoms with van der Waals surface area (Å²) in [6, 6.07) is 3.71. The first kappa shape index (κ1) is 16.1. The molecule has 2 aromatic rings. The van der Waals surface area contributed by atoms with Crippen LogP contribution >= 0.6 is 0 Å². The number of amides is 1. The maximum atomic E-state index is 12.6. The van der Waals surface area contributed by atoms with E-state index in [2.05, 4.69) is 26.1 Å². The number of hydrogen-bond donors (Lipinski definition) is 2. The van der Waals surface area contributed by atoms with Crippen molar-refractivity contribution in [3.63, 3.8) is 0 Å². The van der Waals surface area contributed by atoms with E-state index in [4.69, 9.17) is 4.74 Å². The van der Waals surface area contributed by atoms with Gasteiger partial charge in [-0.3, -0.25) is 15.2 Å². The molecule has 0 radical (unpaired) electrons. The molecular formula is C16H21N7O2. The molecule has 0 spiro atoms. The van der Waals surface area contributed by atoms with Crippen LogP contribution in [0.1, 0.15) is 23.4 Å². The van der Waals surface area contributed by atoms with Gasteiger partial charge in [0.15, 0.2) is 0 Å². The minimum absolute atomic E-state index is 0.125. The van der Waals surface area contributed by atoms with Crippen LogP contribution in [0, 0.1) is 0 Å². The summed E-state index contributed by atoms with van der Waals surface area (Å²) in [6.45, 7) is 3.50. The van der Waals surface area contributed by atoms with Gasteiger partial charge in [0.25, 0.3) is 0 Å². The quantitative estimate of drug-likeness (QED) is 0.762. The van der Waals surface area contributed by atoms with Crippen molar-refractivity contribution in [3.05, 3.63) is 41.5 Å². The molecule has 9 heteroatoms. The molecule has 0 saturated carbocycles. The van der Waals surface area contributed by atoms with Crippen molar-refractivity contribution in [1.29, 1.82) is 0 Å². The Morgan fingerprint density at radius 3 is 3.12 bits per heavy atom. The Labute approximate surface area is 145 Å². The van der Waals surface area contributed by atoms with Crippen molar-refractivity contribution in [1.82, 2.24) is 35.7 Å². The lowest BCUT2D eigenvalue weighted by molar-refractivity contribution is -0.134. The van der Waals surface area contributed by atoms with Crippen LogP contribution < -0.4 is 10.9 Å². The number of rotatable bonds is 5. The van der Waals surface area contributed by atoms with Crippen LogP contribution in [0.25, 0.3) is 0 Å². The van der Waals surface area contributed by atoms with Gasteiger partial charge in [0, 0.05) is 25.5 Å². The maximum Gasteiger partial charge on any atom is 0.241 e. The Balaban J connectivity index is 1.38. The Morgan fingerprint density at radius 2 is 2.32 bits per heavy atom. The highest BCUT2D eigenvalue weighted by atomic mass is 16.5. The zero-order chi connectivity index (χ0) is 17.1. The van der Waals surface area contributed by atoms with Crippen LogP contribution in [-0.4, -0.2) is 49.9 Å². The van der Waals surface area contributed by atoms with E-state index in [-0.39, 0.29) is 11.9 Å². The minimum atomic E-state index is -0.146. The summed E-state index contributed by atoms with van der Waals surface area (Å²) in [5, 5.41) is 8.41. The molecule has 0 bridgehead atoms. The highest BCUT2D eigenvalue weighted by molar-refractivity contribution is 5.82. The van der Waals surface area contributed by atoms with Gasteiger partial charge in [0.1, 0.15) is 11.7 Å². The van der Waals surface area contributed by atoms with Crippen LogP contribution in [0.2, 0.25) is 0 Å². The summed E-state index contributed by atoms with van der Waals surface area (Å²) in [5.74, 6) is 0.125. The molecule has 0 aromatic carbocycles. The van der Waals surface area contributed by atoms with Gasteiger partial charge in [-0.05, 0) is 18.1 Å². The number of carbonyl (C=O) groups excluding carboxylic acids is 1. The van der Waals surface area contributed by atoms with Gasteiger partial charge in [-0.2, -0.15) is 0 Å². The summed E-state index contributed by atoms with van der Waals surface area (Å²) in [6.07, 6.45) is 4.33. The fourth-order valence-electron chi connectivity index (χ4n) is 3.14. The highest BCUT2D eigenvalue weighted by Crippen LogP contribution is 2.17. The average Bonchev–Trinajstić information content (AvgIpc) is 3.32. The van der Waals surface area contributed by atoms with Crippen LogP contribution in [-0.2, 0) is 35.8 Å². The van der Waals surface area contributed by atoms with Gasteiger partial charge in [-0.15, -0.1) is 5.10 Å². The van der Waals surface area contributed by atoms with Gasteiger partial charge in [0.05, 0.1) is 32.0 Å². The molecule has 2 aromatic heterocycles. The molecule has 4 heterocycles. The van der Waals surface area contributed by atoms with Crippen molar-refractivity contribution < 1.29 is 9.53 Å². The molecule has 2 N–H and O–H groups in total. The molecule has 9 nitrogen and oxygen atoms in total. The molecule has 1 amide bonds. The SMILES string of the molecule is O=C(C1CCNN1)N1CCn2nnc(COCc3cccnc3)c2C1. The largest absolute Gasteiger partial charge is 0.370 e. The third kappa shape index (κ3) is 3.53. The normalized spacial score (nSPS) is 19.8. The smallest absolute Gasteiger partial charge is 0.241 e. The number of aromatic nitrogens is 4. The van der Waals surface area contributed by atoms with Crippen molar-refractivity contribution in [2.24, 2.45) is 0 Å². The third-order valence-corrected chi connectivity index (χ3v) is 4.51. The van der Waals surface area contributed by atoms with E-state index in [1.807, 2.05) is 21.7 Å². The third-order valence-electron chi connectivity index (χ3n) is 4.51. The fraction of sp³-hybridized carbons (Fsp3) is 0.500. The number of hydrazine groups is 1. The predicted molar refractivity (Wildman–Crippen MR) is 87.7 cm³/mol. The van der Waals surface area contributed by atoms with Crippen molar-refractivity contribution in [2.75, 3.05) is 13.1 Å². The molecule has 0 aliphatic carbocycles. The first-order chi connectivity index (χ1) is 12.3. The molecular weight excluding hydrogens is 322 g/mol. The summed E-state index contributed by atoms with van der Waals surface area (Å²) < 4.78 is 7.61. The molecule has 1 saturated heterocycles. The Kier molecular flexibility index (Phi) is 4.68. The van der Waals surface area contributed by atoms with Gasteiger partial charge < -0.3 is 9.64 Å². The number of fused-ring (bicyclic) bond motifs is 1. The highest BCUT2D eigenvalue weighted by Gasteiger charge is 2.31. The van der Waals surface area contributed by atoms with Gasteiger partial charge in [-0.1, -0.05) is 11.3 Å². The lowest BCUT2D eigenvalue weighted by atomic mass is 10.1. The van der Waals surface area contributed by atoms with E-state index in [9.17, 15) is 4.79 Å². The molecule has 2 aliphatic heterocycles. The molecule has 132 valence electrons. The number of pyridine rings is 1. The molecule has 1 atom stereocenters. The van der Waals surface area contributed by atoms with E-state index in [1.54, 1.807) is 12.4 Å². The van der Waals surface area contributed by atoms with E-state index in [0.29, 0.717) is 32.8 Å². The van der Waals surface area contributed by atoms with E-state index in [1.165, 1.54) is 0 Å². The lowest BCUT2D eigenvalue weighted by Gasteiger charge is -2.29. The van der Waals surface area contributed by atoms with E-state index < -0.39 is 0 Å². The van der Waals surface area contributed by atoms with Crippen molar-refractivity contribution >= 4 is 5.91 Å². The Morgan fingerprint density at radius 1 is 1.36 bits per heavy atom. The summed E-state index contributed by atoms with van der Waals surface area (Å²) in [7, 11) is 0. The van der Waals surface area contributed by atoms with E-state index in [0.717, 1.165) is 29.9 Å². The first-order valence-corrected chi connectivity index (χ1v) is 8.46. The van der Waals surface area contributed by atoms with Gasteiger partial charge in [0.2, 0.25) is 5.91 Å². The summed E-state index contributed by atoms with van der Waals surface area (Å²) in [5.41, 5.74) is 8.80. The molecule has 1 fully saturated rings.